The maximum atomic E-state index is 14.4. The van der Waals surface area contributed by atoms with Gasteiger partial charge in [-0.1, -0.05) is 48.5 Å². The fourth-order valence-corrected chi connectivity index (χ4v) is 7.59. The first-order chi connectivity index (χ1) is 26.1. The number of aromatic nitrogens is 1. The highest BCUT2D eigenvalue weighted by Gasteiger charge is 2.73. The number of ether oxygens (including phenoxy) is 1. The summed E-state index contributed by atoms with van der Waals surface area (Å²) < 4.78 is 227. The van der Waals surface area contributed by atoms with Crippen molar-refractivity contribution < 1.29 is 84.5 Å². The van der Waals surface area contributed by atoms with Gasteiger partial charge in [-0.15, -0.1) is 11.3 Å². The Morgan fingerprint density at radius 2 is 1.23 bits per heavy atom. The average molecular weight is 865 g/mol. The van der Waals surface area contributed by atoms with Gasteiger partial charge in [0.05, 0.1) is 29.5 Å². The Bertz CT molecular complexity index is 2440. The third kappa shape index (κ3) is 8.20. The van der Waals surface area contributed by atoms with E-state index < -0.39 is 124 Å². The van der Waals surface area contributed by atoms with Crippen LogP contribution in [0.15, 0.2) is 83.2 Å². The number of carboxylic acids is 1. The molecule has 0 amide bonds. The molecule has 5 rings (SSSR count). The van der Waals surface area contributed by atoms with Crippen LogP contribution in [0.2, 0.25) is 0 Å². The number of hydrogen-bond donors (Lipinski definition) is 2. The van der Waals surface area contributed by atoms with E-state index in [9.17, 15) is 74.7 Å². The van der Waals surface area contributed by atoms with Crippen molar-refractivity contribution in [2.45, 2.75) is 35.4 Å². The van der Waals surface area contributed by atoms with Crippen LogP contribution >= 0.6 is 11.3 Å². The standard InChI is InChI=1S/C34H18F14N2O5S2/c1-55-26-12-21(29(51)52)24(35)13-25(26)50-57(53,54)27-14-56-28(49-27)20-9-5-17(11-23(20)32(40,41)42)19-8-4-16(10-22(19)31(37,38)39)15-2-6-18(7-3-15)30(36,33(43,44)45)34(46,47)48/h2-14,50H,1H3,(H,51,52). The van der Waals surface area contributed by atoms with Gasteiger partial charge in [0, 0.05) is 22.6 Å². The van der Waals surface area contributed by atoms with E-state index in [2.05, 4.69) is 4.98 Å². The van der Waals surface area contributed by atoms with E-state index in [4.69, 9.17) is 9.84 Å². The molecule has 57 heavy (non-hydrogen) atoms. The molecule has 0 atom stereocenters. The van der Waals surface area contributed by atoms with Crippen LogP contribution in [0.5, 0.6) is 5.75 Å². The molecule has 5 aromatic rings. The van der Waals surface area contributed by atoms with Crippen molar-refractivity contribution in [1.82, 2.24) is 4.98 Å². The maximum absolute atomic E-state index is 14.4. The number of alkyl halides is 13. The van der Waals surface area contributed by atoms with Crippen molar-refractivity contribution in [3.05, 3.63) is 106 Å². The quantitative estimate of drug-likeness (QED) is 0.143. The van der Waals surface area contributed by atoms with Gasteiger partial charge in [-0.2, -0.15) is 61.1 Å². The summed E-state index contributed by atoms with van der Waals surface area (Å²) in [5.41, 5.74) is -15.6. The van der Waals surface area contributed by atoms with Gasteiger partial charge in [0.2, 0.25) is 0 Å². The third-order valence-electron chi connectivity index (χ3n) is 8.11. The van der Waals surface area contributed by atoms with Crippen molar-refractivity contribution in [2.24, 2.45) is 0 Å². The first-order valence-electron chi connectivity index (χ1n) is 15.1. The molecular weight excluding hydrogens is 846 g/mol. The SMILES string of the molecule is COc1cc(C(=O)O)c(F)cc1NS(=O)(=O)c1csc(-c2ccc(-c3ccc(-c4ccc(C(F)(C(F)(F)F)C(F)(F)F)cc4)cc3C(F)(F)F)cc2C(F)(F)F)n1. The molecule has 0 spiro atoms. The van der Waals surface area contributed by atoms with Crippen molar-refractivity contribution >= 4 is 33.0 Å². The molecule has 0 radical (unpaired) electrons. The summed E-state index contributed by atoms with van der Waals surface area (Å²) in [4.78, 5) is 14.9. The second-order valence-electron chi connectivity index (χ2n) is 11.7. The molecule has 7 nitrogen and oxygen atoms in total. The van der Waals surface area contributed by atoms with Crippen LogP contribution < -0.4 is 9.46 Å². The van der Waals surface area contributed by atoms with Gasteiger partial charge in [0.1, 0.15) is 16.6 Å². The normalized spacial score (nSPS) is 13.1. The summed E-state index contributed by atoms with van der Waals surface area (Å²) in [6.45, 7) is 0. The van der Waals surface area contributed by atoms with Crippen LogP contribution in [0, 0.1) is 5.82 Å². The Morgan fingerprint density at radius 3 is 1.75 bits per heavy atom. The molecule has 0 fully saturated rings. The molecule has 0 saturated heterocycles. The first-order valence-corrected chi connectivity index (χ1v) is 17.4. The van der Waals surface area contributed by atoms with Gasteiger partial charge < -0.3 is 9.84 Å². The summed E-state index contributed by atoms with van der Waals surface area (Å²) >= 11 is 0.362. The monoisotopic (exact) mass is 864 g/mol. The first kappa shape index (κ1) is 42.7. The fraction of sp³-hybridized carbons (Fsp3) is 0.176. The minimum absolute atomic E-state index is 0.0757. The highest BCUT2D eigenvalue weighted by Crippen LogP contribution is 2.53. The van der Waals surface area contributed by atoms with Crippen molar-refractivity contribution in [2.75, 3.05) is 11.8 Å². The number of sulfonamides is 1. The molecule has 0 saturated carbocycles. The van der Waals surface area contributed by atoms with Gasteiger partial charge in [-0.25, -0.2) is 18.6 Å². The molecule has 0 unspecified atom stereocenters. The fourth-order valence-electron chi connectivity index (χ4n) is 5.39. The number of methoxy groups -OCH3 is 1. The Balaban J connectivity index is 1.53. The van der Waals surface area contributed by atoms with Crippen LogP contribution in [0.3, 0.4) is 0 Å². The zero-order valence-electron chi connectivity index (χ0n) is 27.6. The Kier molecular flexibility index (Phi) is 10.9. The lowest BCUT2D eigenvalue weighted by atomic mass is 9.90. The largest absolute Gasteiger partial charge is 0.495 e. The summed E-state index contributed by atoms with van der Waals surface area (Å²) in [7, 11) is -3.83. The molecule has 23 heteroatoms. The zero-order chi connectivity index (χ0) is 42.7. The van der Waals surface area contributed by atoms with E-state index in [1.165, 1.54) is 0 Å². The molecule has 0 bridgehead atoms. The van der Waals surface area contributed by atoms with E-state index in [0.717, 1.165) is 24.6 Å². The predicted octanol–water partition coefficient (Wildman–Crippen LogP) is 11.1. The van der Waals surface area contributed by atoms with Crippen LogP contribution in [-0.4, -0.2) is 43.9 Å². The highest BCUT2D eigenvalue weighted by molar-refractivity contribution is 7.92. The lowest BCUT2D eigenvalue weighted by Crippen LogP contribution is -2.50. The van der Waals surface area contributed by atoms with Gasteiger partial charge in [0.15, 0.2) is 5.03 Å². The number of thiazole rings is 1. The molecule has 304 valence electrons. The topological polar surface area (TPSA) is 106 Å². The molecule has 0 aliphatic heterocycles. The summed E-state index contributed by atoms with van der Waals surface area (Å²) in [6.07, 6.45) is -23.5. The van der Waals surface area contributed by atoms with Gasteiger partial charge in [-0.05, 0) is 40.5 Å². The number of carbonyl (C=O) groups is 1. The second-order valence-corrected chi connectivity index (χ2v) is 14.2. The van der Waals surface area contributed by atoms with Crippen molar-refractivity contribution in [3.8, 4) is 38.6 Å². The third-order valence-corrected chi connectivity index (χ3v) is 10.4. The molecule has 0 aliphatic carbocycles. The molecule has 1 heterocycles. The van der Waals surface area contributed by atoms with Crippen LogP contribution in [0.1, 0.15) is 27.0 Å². The van der Waals surface area contributed by atoms with Crippen LogP contribution in [0.4, 0.5) is 67.2 Å². The Morgan fingerprint density at radius 1 is 0.719 bits per heavy atom. The van der Waals surface area contributed by atoms with Crippen LogP contribution in [-0.2, 0) is 28.0 Å². The van der Waals surface area contributed by atoms with E-state index in [1.807, 2.05) is 4.72 Å². The highest BCUT2D eigenvalue weighted by atomic mass is 32.2. The van der Waals surface area contributed by atoms with Crippen LogP contribution in [0.25, 0.3) is 32.8 Å². The number of benzene rings is 4. The summed E-state index contributed by atoms with van der Waals surface area (Å²) in [6, 6.07) is 6.00. The molecular formula is C34H18F14N2O5S2. The molecule has 0 aliphatic rings. The molecule has 4 aromatic carbocycles. The number of hydrogen-bond acceptors (Lipinski definition) is 6. The number of nitrogens with one attached hydrogen (secondary N) is 1. The number of aromatic carboxylic acids is 1. The van der Waals surface area contributed by atoms with Gasteiger partial charge in [-0.3, -0.25) is 4.72 Å². The molecule has 1 aromatic heterocycles. The minimum atomic E-state index is -6.46. The van der Waals surface area contributed by atoms with E-state index >= 15 is 0 Å². The summed E-state index contributed by atoms with van der Waals surface area (Å²) in [5.74, 6) is -3.55. The van der Waals surface area contributed by atoms with E-state index in [0.29, 0.717) is 59.9 Å². The zero-order valence-corrected chi connectivity index (χ0v) is 29.3. The number of halogens is 14. The van der Waals surface area contributed by atoms with Gasteiger partial charge >= 0.3 is 36.3 Å². The minimum Gasteiger partial charge on any atom is -0.495 e. The van der Waals surface area contributed by atoms with Crippen molar-refractivity contribution in [1.29, 1.82) is 0 Å². The number of rotatable bonds is 9. The molecule has 2 N–H and O–H groups in total. The number of anilines is 1. The lowest BCUT2D eigenvalue weighted by Gasteiger charge is -2.30. The lowest BCUT2D eigenvalue weighted by molar-refractivity contribution is -0.348. The smallest absolute Gasteiger partial charge is 0.435 e. The number of carboxylic acid groups (broad SMARTS) is 1. The summed E-state index contributed by atoms with van der Waals surface area (Å²) in [5, 5.41) is 8.38. The average Bonchev–Trinajstić information content (AvgIpc) is 3.61. The van der Waals surface area contributed by atoms with Gasteiger partial charge in [0.25, 0.3) is 10.0 Å². The van der Waals surface area contributed by atoms with E-state index in [-0.39, 0.29) is 12.1 Å². The predicted molar refractivity (Wildman–Crippen MR) is 174 cm³/mol. The Labute approximate surface area is 314 Å². The number of nitrogens with zero attached hydrogens (tertiary/aromatic N) is 1. The van der Waals surface area contributed by atoms with Crippen molar-refractivity contribution in [3.63, 3.8) is 0 Å². The van der Waals surface area contributed by atoms with E-state index in [1.54, 1.807) is 0 Å². The maximum Gasteiger partial charge on any atom is 0.435 e. The second kappa shape index (κ2) is 14.5. The Hall–Kier alpha value is -5.45.